The summed E-state index contributed by atoms with van der Waals surface area (Å²) in [5.74, 6) is 0.992. The van der Waals surface area contributed by atoms with E-state index in [1.807, 2.05) is 18.2 Å². The number of aliphatic hydroxyl groups is 1. The Kier molecular flexibility index (Phi) is 3.04. The van der Waals surface area contributed by atoms with Crippen molar-refractivity contribution in [3.8, 4) is 0 Å². The SMILES string of the molecule is OC1=CCCC=C1c1cc2ccc(C3CC4(CNC4)C3)cc2nn1. The minimum Gasteiger partial charge on any atom is -0.508 e. The Labute approximate surface area is 141 Å². The number of nitrogens with one attached hydrogen (secondary N) is 1. The molecule has 24 heavy (non-hydrogen) atoms. The van der Waals surface area contributed by atoms with Gasteiger partial charge in [-0.05, 0) is 60.8 Å². The van der Waals surface area contributed by atoms with Crippen LogP contribution in [0.3, 0.4) is 0 Å². The largest absolute Gasteiger partial charge is 0.508 e. The summed E-state index contributed by atoms with van der Waals surface area (Å²) in [5, 5.41) is 23.3. The zero-order valence-electron chi connectivity index (χ0n) is 13.6. The first-order valence-corrected chi connectivity index (χ1v) is 8.81. The molecule has 5 rings (SSSR count). The van der Waals surface area contributed by atoms with Gasteiger partial charge >= 0.3 is 0 Å². The van der Waals surface area contributed by atoms with E-state index in [0.29, 0.717) is 17.1 Å². The molecule has 4 heteroatoms. The Bertz CT molecular complexity index is 872. The van der Waals surface area contributed by atoms with Gasteiger partial charge in [0.25, 0.3) is 0 Å². The van der Waals surface area contributed by atoms with Crippen molar-refractivity contribution < 1.29 is 5.11 Å². The first-order chi connectivity index (χ1) is 11.7. The van der Waals surface area contributed by atoms with Gasteiger partial charge in [0.15, 0.2) is 0 Å². The second kappa shape index (κ2) is 5.15. The van der Waals surface area contributed by atoms with Crippen molar-refractivity contribution in [3.63, 3.8) is 0 Å². The van der Waals surface area contributed by atoms with Gasteiger partial charge in [-0.1, -0.05) is 18.2 Å². The van der Waals surface area contributed by atoms with Crippen molar-refractivity contribution in [3.05, 3.63) is 53.4 Å². The highest BCUT2D eigenvalue weighted by Gasteiger charge is 2.48. The zero-order chi connectivity index (χ0) is 16.1. The number of aliphatic hydroxyl groups excluding tert-OH is 1. The van der Waals surface area contributed by atoms with E-state index in [0.717, 1.165) is 35.0 Å². The highest BCUT2D eigenvalue weighted by atomic mass is 16.3. The third-order valence-corrected chi connectivity index (χ3v) is 5.85. The summed E-state index contributed by atoms with van der Waals surface area (Å²) in [4.78, 5) is 0. The molecule has 3 aliphatic rings. The molecule has 4 nitrogen and oxygen atoms in total. The third kappa shape index (κ3) is 2.17. The molecular weight excluding hydrogens is 298 g/mol. The van der Waals surface area contributed by atoms with Crippen molar-refractivity contribution in [1.29, 1.82) is 0 Å². The van der Waals surface area contributed by atoms with Gasteiger partial charge in [-0.15, -0.1) is 10.2 Å². The molecule has 0 unspecified atom stereocenters. The molecule has 2 heterocycles. The second-order valence-electron chi connectivity index (χ2n) is 7.54. The average molecular weight is 319 g/mol. The van der Waals surface area contributed by atoms with Crippen molar-refractivity contribution in [2.45, 2.75) is 31.6 Å². The van der Waals surface area contributed by atoms with Gasteiger partial charge in [-0.25, -0.2) is 0 Å². The molecule has 0 amide bonds. The Balaban J connectivity index is 1.43. The number of rotatable bonds is 2. The lowest BCUT2D eigenvalue weighted by molar-refractivity contribution is 0.0363. The van der Waals surface area contributed by atoms with Crippen LogP contribution in [0.1, 0.15) is 42.9 Å². The number of hydrogen-bond acceptors (Lipinski definition) is 4. The fraction of sp³-hybridized carbons (Fsp3) is 0.400. The maximum atomic E-state index is 10.0. The number of hydrogen-bond donors (Lipinski definition) is 2. The first kappa shape index (κ1) is 14.2. The van der Waals surface area contributed by atoms with Crippen LogP contribution in [0.25, 0.3) is 16.5 Å². The van der Waals surface area contributed by atoms with Gasteiger partial charge < -0.3 is 10.4 Å². The molecule has 0 atom stereocenters. The van der Waals surface area contributed by atoms with E-state index in [1.54, 1.807) is 0 Å². The maximum Gasteiger partial charge on any atom is 0.120 e. The van der Waals surface area contributed by atoms with Crippen LogP contribution in [0.15, 0.2) is 42.2 Å². The van der Waals surface area contributed by atoms with Crippen molar-refractivity contribution in [1.82, 2.24) is 15.5 Å². The smallest absolute Gasteiger partial charge is 0.120 e. The van der Waals surface area contributed by atoms with E-state index >= 15 is 0 Å². The Morgan fingerprint density at radius 2 is 1.88 bits per heavy atom. The first-order valence-electron chi connectivity index (χ1n) is 8.81. The fourth-order valence-electron chi connectivity index (χ4n) is 4.33. The molecule has 2 fully saturated rings. The molecule has 2 aromatic rings. The van der Waals surface area contributed by atoms with Crippen LogP contribution in [-0.4, -0.2) is 28.4 Å². The predicted molar refractivity (Wildman–Crippen MR) is 94.7 cm³/mol. The lowest BCUT2D eigenvalue weighted by Gasteiger charge is -2.54. The third-order valence-electron chi connectivity index (χ3n) is 5.85. The summed E-state index contributed by atoms with van der Waals surface area (Å²) in [6.45, 7) is 2.37. The average Bonchev–Trinajstić information content (AvgIpc) is 2.52. The molecular formula is C20H21N3O. The summed E-state index contributed by atoms with van der Waals surface area (Å²) >= 11 is 0. The van der Waals surface area contributed by atoms with Crippen molar-refractivity contribution in [2.75, 3.05) is 13.1 Å². The van der Waals surface area contributed by atoms with Gasteiger partial charge in [0.2, 0.25) is 0 Å². The molecule has 2 N–H and O–H groups in total. The zero-order valence-corrected chi connectivity index (χ0v) is 13.6. The lowest BCUT2D eigenvalue weighted by atomic mass is 9.57. The van der Waals surface area contributed by atoms with Crippen LogP contribution in [0.4, 0.5) is 0 Å². The van der Waals surface area contributed by atoms with Crippen LogP contribution in [-0.2, 0) is 0 Å². The van der Waals surface area contributed by atoms with Gasteiger partial charge in [0.05, 0.1) is 11.2 Å². The van der Waals surface area contributed by atoms with Gasteiger partial charge in [-0.2, -0.15) is 0 Å². The monoisotopic (exact) mass is 319 g/mol. The molecule has 1 spiro atoms. The molecule has 1 saturated carbocycles. The normalized spacial score (nSPS) is 22.7. The number of fused-ring (bicyclic) bond motifs is 1. The fourth-order valence-corrected chi connectivity index (χ4v) is 4.33. The maximum absolute atomic E-state index is 10.0. The molecule has 1 aromatic carbocycles. The van der Waals surface area contributed by atoms with Crippen LogP contribution in [0.2, 0.25) is 0 Å². The molecule has 0 radical (unpaired) electrons. The summed E-state index contributed by atoms with van der Waals surface area (Å²) in [6, 6.07) is 8.62. The van der Waals surface area contributed by atoms with Gasteiger partial charge in [-0.3, -0.25) is 0 Å². The van der Waals surface area contributed by atoms with E-state index < -0.39 is 0 Å². The van der Waals surface area contributed by atoms with Crippen LogP contribution in [0.5, 0.6) is 0 Å². The van der Waals surface area contributed by atoms with Crippen LogP contribution >= 0.6 is 0 Å². The van der Waals surface area contributed by atoms with E-state index in [4.69, 9.17) is 0 Å². The number of allylic oxidation sites excluding steroid dienone is 3. The van der Waals surface area contributed by atoms with Crippen molar-refractivity contribution >= 4 is 16.5 Å². The van der Waals surface area contributed by atoms with E-state index in [2.05, 4.69) is 33.7 Å². The molecule has 2 aliphatic carbocycles. The molecule has 122 valence electrons. The Morgan fingerprint density at radius 3 is 2.62 bits per heavy atom. The molecule has 1 aromatic heterocycles. The van der Waals surface area contributed by atoms with Gasteiger partial charge in [0.1, 0.15) is 5.76 Å². The molecule has 1 aliphatic heterocycles. The Hall–Kier alpha value is -2.20. The summed E-state index contributed by atoms with van der Waals surface area (Å²) in [7, 11) is 0. The van der Waals surface area contributed by atoms with Crippen molar-refractivity contribution in [2.24, 2.45) is 5.41 Å². The highest BCUT2D eigenvalue weighted by molar-refractivity contribution is 5.84. The summed E-state index contributed by atoms with van der Waals surface area (Å²) in [5.41, 5.74) is 4.49. The van der Waals surface area contributed by atoms with Crippen LogP contribution < -0.4 is 5.32 Å². The summed E-state index contributed by atoms with van der Waals surface area (Å²) in [6.07, 6.45) is 8.31. The number of nitrogens with zero attached hydrogens (tertiary/aromatic N) is 2. The van der Waals surface area contributed by atoms with Gasteiger partial charge in [0, 0.05) is 24.0 Å². The number of aromatic nitrogens is 2. The summed E-state index contributed by atoms with van der Waals surface area (Å²) < 4.78 is 0. The molecule has 1 saturated heterocycles. The second-order valence-corrected chi connectivity index (χ2v) is 7.54. The van der Waals surface area contributed by atoms with E-state index in [1.165, 1.54) is 31.5 Å². The number of benzene rings is 1. The topological polar surface area (TPSA) is 58.0 Å². The van der Waals surface area contributed by atoms with Crippen LogP contribution in [0, 0.1) is 5.41 Å². The van der Waals surface area contributed by atoms with E-state index in [9.17, 15) is 5.11 Å². The predicted octanol–water partition coefficient (Wildman–Crippen LogP) is 3.72. The highest BCUT2D eigenvalue weighted by Crippen LogP contribution is 2.53. The van der Waals surface area contributed by atoms with E-state index in [-0.39, 0.29) is 0 Å². The lowest BCUT2D eigenvalue weighted by Crippen LogP contribution is -2.59. The Morgan fingerprint density at radius 1 is 1.04 bits per heavy atom. The minimum absolute atomic E-state index is 0.320. The standard InChI is InChI=1S/C20H21N3O/c24-19-4-2-1-3-16(19)18-8-14-6-5-13(7-17(14)22-23-18)15-9-20(10-15)11-21-12-20/h3-8,15,21,24H,1-2,9-12H2. The minimum atomic E-state index is 0.320. The molecule has 0 bridgehead atoms. The quantitative estimate of drug-likeness (QED) is 0.886.